The second kappa shape index (κ2) is 6.13. The highest BCUT2D eigenvalue weighted by Crippen LogP contribution is 2.16. The van der Waals surface area contributed by atoms with E-state index in [0.29, 0.717) is 17.1 Å². The van der Waals surface area contributed by atoms with E-state index >= 15 is 0 Å². The maximum atomic E-state index is 12.0. The van der Waals surface area contributed by atoms with E-state index in [2.05, 4.69) is 5.32 Å². The van der Waals surface area contributed by atoms with Gasteiger partial charge in [0.2, 0.25) is 0 Å². The zero-order valence-corrected chi connectivity index (χ0v) is 12.2. The molecule has 20 heavy (non-hydrogen) atoms. The summed E-state index contributed by atoms with van der Waals surface area (Å²) in [6.45, 7) is 4.61. The van der Waals surface area contributed by atoms with Crippen molar-refractivity contribution in [2.75, 3.05) is 13.1 Å². The number of hydrogen-bond donors (Lipinski definition) is 1. The van der Waals surface area contributed by atoms with E-state index in [1.807, 2.05) is 13.8 Å². The molecule has 0 bridgehead atoms. The topological polar surface area (TPSA) is 58.6 Å². The second-order valence-electron chi connectivity index (χ2n) is 4.94. The van der Waals surface area contributed by atoms with E-state index in [1.54, 1.807) is 29.2 Å². The van der Waals surface area contributed by atoms with Gasteiger partial charge in [-0.2, -0.15) is 0 Å². The van der Waals surface area contributed by atoms with Gasteiger partial charge >= 0.3 is 6.09 Å². The third-order valence-electron chi connectivity index (χ3n) is 3.13. The van der Waals surface area contributed by atoms with Crippen LogP contribution in [0.15, 0.2) is 24.3 Å². The number of amides is 2. The molecule has 1 fully saturated rings. The average molecular weight is 297 g/mol. The molecule has 6 heteroatoms. The van der Waals surface area contributed by atoms with Crippen LogP contribution in [0.4, 0.5) is 4.79 Å². The third-order valence-corrected chi connectivity index (χ3v) is 3.46. The summed E-state index contributed by atoms with van der Waals surface area (Å²) in [5.74, 6) is -0.269. The van der Waals surface area contributed by atoms with E-state index in [4.69, 9.17) is 16.3 Å². The first kappa shape index (κ1) is 14.7. The van der Waals surface area contributed by atoms with Crippen molar-refractivity contribution in [3.8, 4) is 0 Å². The summed E-state index contributed by atoms with van der Waals surface area (Å²) in [4.78, 5) is 25.2. The largest absolute Gasteiger partial charge is 0.442 e. The second-order valence-corrected chi connectivity index (χ2v) is 5.35. The molecule has 1 unspecified atom stereocenters. The van der Waals surface area contributed by atoms with Gasteiger partial charge in [0.1, 0.15) is 6.10 Å². The Labute approximate surface area is 122 Å². The average Bonchev–Trinajstić information content (AvgIpc) is 2.78. The molecule has 2 rings (SSSR count). The Hall–Kier alpha value is -1.75. The molecule has 0 radical (unpaired) electrons. The number of carbonyl (C=O) groups excluding carboxylic acids is 2. The summed E-state index contributed by atoms with van der Waals surface area (Å²) >= 11 is 5.95. The van der Waals surface area contributed by atoms with Crippen LogP contribution < -0.4 is 5.32 Å². The number of hydrogen-bond acceptors (Lipinski definition) is 3. The summed E-state index contributed by atoms with van der Waals surface area (Å²) in [7, 11) is 0. The van der Waals surface area contributed by atoms with Crippen LogP contribution in [-0.4, -0.2) is 42.1 Å². The van der Waals surface area contributed by atoms with Gasteiger partial charge in [0, 0.05) is 6.04 Å². The molecule has 0 aromatic heterocycles. The number of rotatable bonds is 4. The van der Waals surface area contributed by atoms with Crippen LogP contribution in [0.25, 0.3) is 0 Å². The maximum Gasteiger partial charge on any atom is 0.410 e. The Kier molecular flexibility index (Phi) is 4.49. The fourth-order valence-electron chi connectivity index (χ4n) is 2.02. The Bertz CT molecular complexity index is 519. The first-order chi connectivity index (χ1) is 9.49. The molecule has 1 aromatic rings. The molecule has 0 saturated carbocycles. The van der Waals surface area contributed by atoms with Crippen molar-refractivity contribution >= 4 is 23.6 Å². The van der Waals surface area contributed by atoms with Gasteiger partial charge in [0.05, 0.1) is 23.7 Å². The molecule has 1 saturated heterocycles. The quantitative estimate of drug-likeness (QED) is 0.927. The van der Waals surface area contributed by atoms with Crippen LogP contribution in [-0.2, 0) is 4.74 Å². The molecule has 1 atom stereocenters. The number of nitrogens with one attached hydrogen (secondary N) is 1. The minimum absolute atomic E-state index is 0.0896. The molecule has 108 valence electrons. The number of ether oxygens (including phenoxy) is 1. The number of nitrogens with zero attached hydrogens (tertiary/aromatic N) is 1. The molecule has 1 aromatic carbocycles. The van der Waals surface area contributed by atoms with Gasteiger partial charge in [0.15, 0.2) is 0 Å². The molecule has 0 aliphatic carbocycles. The molecule has 2 amide bonds. The predicted octanol–water partition coefficient (Wildman–Crippen LogP) is 2.30. The Morgan fingerprint density at radius 3 is 2.80 bits per heavy atom. The molecule has 1 heterocycles. The Balaban J connectivity index is 1.89. The molecule has 1 N–H and O–H groups in total. The SMILES string of the molecule is CC(C)N1CC(CNC(=O)c2ccccc2Cl)OC1=O. The van der Waals surface area contributed by atoms with E-state index in [0.717, 1.165) is 0 Å². The summed E-state index contributed by atoms with van der Waals surface area (Å²) in [6, 6.07) is 6.91. The molecular weight excluding hydrogens is 280 g/mol. The number of halogens is 1. The fourth-order valence-corrected chi connectivity index (χ4v) is 2.24. The highest BCUT2D eigenvalue weighted by atomic mass is 35.5. The van der Waals surface area contributed by atoms with Gasteiger partial charge in [-0.25, -0.2) is 4.79 Å². The summed E-state index contributed by atoms with van der Waals surface area (Å²) < 4.78 is 5.19. The lowest BCUT2D eigenvalue weighted by molar-refractivity contribution is 0.0914. The first-order valence-electron chi connectivity index (χ1n) is 6.49. The van der Waals surface area contributed by atoms with Gasteiger partial charge in [-0.1, -0.05) is 23.7 Å². The van der Waals surface area contributed by atoms with E-state index in [-0.39, 0.29) is 30.7 Å². The standard InChI is InChI=1S/C14H17ClN2O3/c1-9(2)17-8-10(20-14(17)19)7-16-13(18)11-5-3-4-6-12(11)15/h3-6,9-10H,7-8H2,1-2H3,(H,16,18). The van der Waals surface area contributed by atoms with Crippen molar-refractivity contribution in [3.05, 3.63) is 34.9 Å². The third kappa shape index (κ3) is 3.22. The van der Waals surface area contributed by atoms with E-state index < -0.39 is 0 Å². The molecule has 5 nitrogen and oxygen atoms in total. The predicted molar refractivity (Wildman–Crippen MR) is 75.9 cm³/mol. The van der Waals surface area contributed by atoms with Crippen molar-refractivity contribution in [3.63, 3.8) is 0 Å². The molecular formula is C14H17ClN2O3. The highest BCUT2D eigenvalue weighted by molar-refractivity contribution is 6.33. The van der Waals surface area contributed by atoms with Gasteiger partial charge in [-0.3, -0.25) is 4.79 Å². The number of carbonyl (C=O) groups is 2. The zero-order valence-electron chi connectivity index (χ0n) is 11.4. The van der Waals surface area contributed by atoms with E-state index in [1.165, 1.54) is 0 Å². The lowest BCUT2D eigenvalue weighted by atomic mass is 10.2. The molecule has 1 aliphatic heterocycles. The maximum absolute atomic E-state index is 12.0. The van der Waals surface area contributed by atoms with Crippen molar-refractivity contribution in [1.82, 2.24) is 10.2 Å². The molecule has 1 aliphatic rings. The lowest BCUT2D eigenvalue weighted by Crippen LogP contribution is -2.36. The van der Waals surface area contributed by atoms with Crippen LogP contribution in [0.1, 0.15) is 24.2 Å². The van der Waals surface area contributed by atoms with Crippen LogP contribution in [0.3, 0.4) is 0 Å². The Morgan fingerprint density at radius 2 is 2.20 bits per heavy atom. The highest BCUT2D eigenvalue weighted by Gasteiger charge is 2.32. The van der Waals surface area contributed by atoms with Crippen LogP contribution in [0.5, 0.6) is 0 Å². The van der Waals surface area contributed by atoms with E-state index in [9.17, 15) is 9.59 Å². The zero-order chi connectivity index (χ0) is 14.7. The van der Waals surface area contributed by atoms with Crippen molar-refractivity contribution in [2.45, 2.75) is 26.0 Å². The minimum Gasteiger partial charge on any atom is -0.442 e. The van der Waals surface area contributed by atoms with Crippen LogP contribution in [0, 0.1) is 0 Å². The first-order valence-corrected chi connectivity index (χ1v) is 6.87. The van der Waals surface area contributed by atoms with Crippen LogP contribution >= 0.6 is 11.6 Å². The normalized spacial score (nSPS) is 18.3. The van der Waals surface area contributed by atoms with Crippen LogP contribution in [0.2, 0.25) is 5.02 Å². The summed E-state index contributed by atoms with van der Waals surface area (Å²) in [5.41, 5.74) is 0.416. The summed E-state index contributed by atoms with van der Waals surface area (Å²) in [5, 5.41) is 3.13. The molecule has 0 spiro atoms. The monoisotopic (exact) mass is 296 g/mol. The van der Waals surface area contributed by atoms with Gasteiger partial charge in [-0.05, 0) is 26.0 Å². The van der Waals surface area contributed by atoms with Gasteiger partial charge in [-0.15, -0.1) is 0 Å². The van der Waals surface area contributed by atoms with Gasteiger partial charge < -0.3 is 15.0 Å². The fraction of sp³-hybridized carbons (Fsp3) is 0.429. The minimum atomic E-state index is -0.336. The lowest BCUT2D eigenvalue weighted by Gasteiger charge is -2.16. The number of benzene rings is 1. The van der Waals surface area contributed by atoms with Crippen molar-refractivity contribution < 1.29 is 14.3 Å². The van der Waals surface area contributed by atoms with Gasteiger partial charge in [0.25, 0.3) is 5.91 Å². The van der Waals surface area contributed by atoms with Crippen molar-refractivity contribution in [1.29, 1.82) is 0 Å². The summed E-state index contributed by atoms with van der Waals surface area (Å²) in [6.07, 6.45) is -0.659. The Morgan fingerprint density at radius 1 is 1.50 bits per heavy atom. The number of cyclic esters (lactones) is 1. The van der Waals surface area contributed by atoms with Crippen molar-refractivity contribution in [2.24, 2.45) is 0 Å². The smallest absolute Gasteiger partial charge is 0.410 e.